The number of allylic oxidation sites excluding steroid dienone is 5. The van der Waals surface area contributed by atoms with Gasteiger partial charge in [0.15, 0.2) is 0 Å². The molecule has 2 aliphatic rings. The molecule has 0 aromatic carbocycles. The SMILES string of the molecule is OC1C=CCC(/C=C/C2CC=CCC2)C1. The zero-order valence-corrected chi connectivity index (χ0v) is 9.18. The molecule has 0 amide bonds. The fourth-order valence-corrected chi connectivity index (χ4v) is 2.36. The van der Waals surface area contributed by atoms with E-state index in [9.17, 15) is 5.11 Å². The molecule has 3 atom stereocenters. The van der Waals surface area contributed by atoms with Crippen LogP contribution in [0.3, 0.4) is 0 Å². The summed E-state index contributed by atoms with van der Waals surface area (Å²) in [5.41, 5.74) is 0. The summed E-state index contributed by atoms with van der Waals surface area (Å²) in [5.74, 6) is 1.29. The minimum Gasteiger partial charge on any atom is -0.389 e. The zero-order valence-electron chi connectivity index (χ0n) is 9.18. The molecule has 0 bridgehead atoms. The molecule has 0 fully saturated rings. The first kappa shape index (κ1) is 10.7. The normalized spacial score (nSPS) is 36.2. The van der Waals surface area contributed by atoms with Gasteiger partial charge in [0.05, 0.1) is 6.10 Å². The molecule has 0 heterocycles. The Hall–Kier alpha value is -0.820. The van der Waals surface area contributed by atoms with Crippen molar-refractivity contribution in [3.8, 4) is 0 Å². The topological polar surface area (TPSA) is 20.2 Å². The highest BCUT2D eigenvalue weighted by Crippen LogP contribution is 2.24. The van der Waals surface area contributed by atoms with Crippen molar-refractivity contribution in [3.63, 3.8) is 0 Å². The maximum atomic E-state index is 9.48. The van der Waals surface area contributed by atoms with E-state index >= 15 is 0 Å². The van der Waals surface area contributed by atoms with Crippen LogP contribution in [0.25, 0.3) is 0 Å². The van der Waals surface area contributed by atoms with Gasteiger partial charge in [0.2, 0.25) is 0 Å². The predicted octanol–water partition coefficient (Wildman–Crippen LogP) is 3.23. The fourth-order valence-electron chi connectivity index (χ4n) is 2.36. The van der Waals surface area contributed by atoms with Crippen molar-refractivity contribution >= 4 is 0 Å². The highest BCUT2D eigenvalue weighted by molar-refractivity contribution is 5.05. The van der Waals surface area contributed by atoms with Crippen LogP contribution in [0.4, 0.5) is 0 Å². The molecule has 1 N–H and O–H groups in total. The first-order valence-corrected chi connectivity index (χ1v) is 6.02. The van der Waals surface area contributed by atoms with Gasteiger partial charge in [0.25, 0.3) is 0 Å². The Morgan fingerprint density at radius 3 is 2.53 bits per heavy atom. The number of aliphatic hydroxyl groups excluding tert-OH is 1. The van der Waals surface area contributed by atoms with Crippen LogP contribution in [0.2, 0.25) is 0 Å². The Kier molecular flexibility index (Phi) is 3.79. The van der Waals surface area contributed by atoms with Crippen LogP contribution in [-0.4, -0.2) is 11.2 Å². The second kappa shape index (κ2) is 5.32. The lowest BCUT2D eigenvalue weighted by Gasteiger charge is -2.19. The average molecular weight is 204 g/mol. The van der Waals surface area contributed by atoms with Gasteiger partial charge in [0, 0.05) is 0 Å². The molecule has 15 heavy (non-hydrogen) atoms. The van der Waals surface area contributed by atoms with Crippen LogP contribution in [0.5, 0.6) is 0 Å². The maximum absolute atomic E-state index is 9.48. The summed E-state index contributed by atoms with van der Waals surface area (Å²) in [6, 6.07) is 0. The van der Waals surface area contributed by atoms with Crippen LogP contribution in [-0.2, 0) is 0 Å². The molecule has 0 aromatic rings. The summed E-state index contributed by atoms with van der Waals surface area (Å²) in [7, 11) is 0. The van der Waals surface area contributed by atoms with Crippen molar-refractivity contribution in [1.82, 2.24) is 0 Å². The molecule has 3 unspecified atom stereocenters. The van der Waals surface area contributed by atoms with E-state index in [1.54, 1.807) is 0 Å². The molecular formula is C14H20O. The van der Waals surface area contributed by atoms with Gasteiger partial charge in [-0.25, -0.2) is 0 Å². The Morgan fingerprint density at radius 2 is 1.80 bits per heavy atom. The van der Waals surface area contributed by atoms with Crippen LogP contribution in [0, 0.1) is 11.8 Å². The van der Waals surface area contributed by atoms with Crippen molar-refractivity contribution < 1.29 is 5.11 Å². The molecule has 0 radical (unpaired) electrons. The minimum absolute atomic E-state index is 0.223. The lowest BCUT2D eigenvalue weighted by atomic mass is 9.88. The molecule has 0 aliphatic heterocycles. The average Bonchev–Trinajstić information content (AvgIpc) is 2.28. The number of aliphatic hydroxyl groups is 1. The van der Waals surface area contributed by atoms with Gasteiger partial charge in [0.1, 0.15) is 0 Å². The highest BCUT2D eigenvalue weighted by Gasteiger charge is 2.14. The van der Waals surface area contributed by atoms with E-state index in [-0.39, 0.29) is 6.10 Å². The van der Waals surface area contributed by atoms with Gasteiger partial charge in [-0.05, 0) is 43.9 Å². The summed E-state index contributed by atoms with van der Waals surface area (Å²) in [6.07, 6.45) is 18.7. The van der Waals surface area contributed by atoms with Crippen molar-refractivity contribution in [2.24, 2.45) is 11.8 Å². The summed E-state index contributed by atoms with van der Waals surface area (Å²) in [5, 5.41) is 9.48. The molecule has 1 heteroatoms. The monoisotopic (exact) mass is 204 g/mol. The Balaban J connectivity index is 1.83. The van der Waals surface area contributed by atoms with E-state index < -0.39 is 0 Å². The summed E-state index contributed by atoms with van der Waals surface area (Å²) < 4.78 is 0. The number of hydrogen-bond donors (Lipinski definition) is 1. The third-order valence-corrected chi connectivity index (χ3v) is 3.31. The van der Waals surface area contributed by atoms with Gasteiger partial charge < -0.3 is 5.11 Å². The van der Waals surface area contributed by atoms with Crippen LogP contribution in [0.15, 0.2) is 36.5 Å². The Morgan fingerprint density at radius 1 is 1.00 bits per heavy atom. The predicted molar refractivity (Wildman–Crippen MR) is 63.5 cm³/mol. The number of rotatable bonds is 2. The molecular weight excluding hydrogens is 184 g/mol. The second-order valence-corrected chi connectivity index (χ2v) is 4.66. The standard InChI is InChI=1S/C14H20O/c15-14-8-4-7-13(11-14)10-9-12-5-2-1-3-6-12/h1-2,4,8-10,12-15H,3,5-7,11H2/b10-9+. The molecule has 0 spiro atoms. The smallest absolute Gasteiger partial charge is 0.0726 e. The first-order chi connectivity index (χ1) is 7.34. The van der Waals surface area contributed by atoms with Gasteiger partial charge in [-0.1, -0.05) is 36.5 Å². The largest absolute Gasteiger partial charge is 0.389 e. The van der Waals surface area contributed by atoms with Crippen LogP contribution < -0.4 is 0 Å². The Labute approximate surface area is 92.2 Å². The summed E-state index contributed by atoms with van der Waals surface area (Å²) in [4.78, 5) is 0. The molecule has 2 rings (SSSR count). The number of hydrogen-bond acceptors (Lipinski definition) is 1. The molecule has 2 aliphatic carbocycles. The van der Waals surface area contributed by atoms with Crippen LogP contribution >= 0.6 is 0 Å². The first-order valence-electron chi connectivity index (χ1n) is 6.02. The van der Waals surface area contributed by atoms with E-state index in [0.717, 1.165) is 18.8 Å². The maximum Gasteiger partial charge on any atom is 0.0726 e. The lowest BCUT2D eigenvalue weighted by molar-refractivity contribution is 0.189. The van der Waals surface area contributed by atoms with E-state index in [4.69, 9.17) is 0 Å². The van der Waals surface area contributed by atoms with Crippen LogP contribution in [0.1, 0.15) is 32.1 Å². The van der Waals surface area contributed by atoms with Gasteiger partial charge >= 0.3 is 0 Å². The lowest BCUT2D eigenvalue weighted by Crippen LogP contribution is -2.13. The molecule has 82 valence electrons. The van der Waals surface area contributed by atoms with E-state index in [0.29, 0.717) is 5.92 Å². The van der Waals surface area contributed by atoms with E-state index in [1.807, 2.05) is 6.08 Å². The van der Waals surface area contributed by atoms with Gasteiger partial charge in [-0.15, -0.1) is 0 Å². The fraction of sp³-hybridized carbons (Fsp3) is 0.571. The molecule has 0 saturated heterocycles. The van der Waals surface area contributed by atoms with E-state index in [1.165, 1.54) is 19.3 Å². The molecule has 1 nitrogen and oxygen atoms in total. The summed E-state index contributed by atoms with van der Waals surface area (Å²) >= 11 is 0. The Bertz CT molecular complexity index is 275. The van der Waals surface area contributed by atoms with E-state index in [2.05, 4.69) is 30.4 Å². The zero-order chi connectivity index (χ0) is 10.5. The van der Waals surface area contributed by atoms with Gasteiger partial charge in [-0.2, -0.15) is 0 Å². The quantitative estimate of drug-likeness (QED) is 0.685. The molecule has 0 saturated carbocycles. The van der Waals surface area contributed by atoms with Crippen molar-refractivity contribution in [1.29, 1.82) is 0 Å². The van der Waals surface area contributed by atoms with Gasteiger partial charge in [-0.3, -0.25) is 0 Å². The van der Waals surface area contributed by atoms with Crippen molar-refractivity contribution in [2.45, 2.75) is 38.2 Å². The minimum atomic E-state index is -0.223. The van der Waals surface area contributed by atoms with Crippen molar-refractivity contribution in [3.05, 3.63) is 36.5 Å². The third kappa shape index (κ3) is 3.35. The second-order valence-electron chi connectivity index (χ2n) is 4.66. The third-order valence-electron chi connectivity index (χ3n) is 3.31. The molecule has 0 aromatic heterocycles. The summed E-state index contributed by atoms with van der Waals surface area (Å²) in [6.45, 7) is 0. The van der Waals surface area contributed by atoms with Crippen molar-refractivity contribution in [2.75, 3.05) is 0 Å². The highest BCUT2D eigenvalue weighted by atomic mass is 16.3.